The van der Waals surface area contributed by atoms with E-state index in [9.17, 15) is 9.59 Å². The molecule has 0 bridgehead atoms. The molecule has 0 unspecified atom stereocenters. The van der Waals surface area contributed by atoms with E-state index in [1.807, 2.05) is 0 Å². The molecule has 0 aromatic heterocycles. The summed E-state index contributed by atoms with van der Waals surface area (Å²) in [5.74, 6) is 0.0520. The zero-order valence-electron chi connectivity index (χ0n) is 12.9. The smallest absolute Gasteiger partial charge is 0.262 e. The van der Waals surface area contributed by atoms with Crippen LogP contribution in [0.5, 0.6) is 5.75 Å². The maximum atomic E-state index is 12.0. The average Bonchev–Trinajstić information content (AvgIpc) is 3.37. The molecule has 5 nitrogen and oxygen atoms in total. The summed E-state index contributed by atoms with van der Waals surface area (Å²) in [6, 6.07) is 14.0. The Morgan fingerprint density at radius 3 is 2.67 bits per heavy atom. The van der Waals surface area contributed by atoms with Gasteiger partial charge in [-0.15, -0.1) is 0 Å². The lowest BCUT2D eigenvalue weighted by atomic mass is 10.2. The summed E-state index contributed by atoms with van der Waals surface area (Å²) in [6.45, 7) is -0.153. The molecule has 2 N–H and O–H groups in total. The molecule has 1 saturated carbocycles. The molecular weight excluding hydrogens is 328 g/mol. The first-order valence-electron chi connectivity index (χ1n) is 7.69. The summed E-state index contributed by atoms with van der Waals surface area (Å²) in [5, 5.41) is 6.16. The second-order valence-electron chi connectivity index (χ2n) is 5.62. The molecule has 1 aliphatic rings. The van der Waals surface area contributed by atoms with Crippen LogP contribution in [-0.2, 0) is 4.79 Å². The lowest BCUT2D eigenvalue weighted by Crippen LogP contribution is -2.25. The van der Waals surface area contributed by atoms with Crippen LogP contribution in [0.25, 0.3) is 0 Å². The highest BCUT2D eigenvalue weighted by molar-refractivity contribution is 6.30. The van der Waals surface area contributed by atoms with Crippen molar-refractivity contribution < 1.29 is 14.3 Å². The topological polar surface area (TPSA) is 67.4 Å². The standard InChI is InChI=1S/C18H17ClN2O3/c19-13-4-2-5-15(10-13)20-17(22)11-24-16-6-1-3-12(9-16)18(23)21-14-7-8-14/h1-6,9-10,14H,7-8,11H2,(H,20,22)(H,21,23). The fraction of sp³-hybridized carbons (Fsp3) is 0.222. The predicted octanol–water partition coefficient (Wildman–Crippen LogP) is 3.25. The van der Waals surface area contributed by atoms with Crippen LogP contribution in [0.2, 0.25) is 5.02 Å². The van der Waals surface area contributed by atoms with E-state index in [1.165, 1.54) is 0 Å². The molecule has 3 rings (SSSR count). The van der Waals surface area contributed by atoms with Gasteiger partial charge in [0.05, 0.1) is 0 Å². The number of amides is 2. The van der Waals surface area contributed by atoms with Crippen molar-refractivity contribution >= 4 is 29.1 Å². The van der Waals surface area contributed by atoms with Gasteiger partial charge in [-0.2, -0.15) is 0 Å². The highest BCUT2D eigenvalue weighted by Gasteiger charge is 2.23. The molecular formula is C18H17ClN2O3. The Morgan fingerprint density at radius 1 is 1.12 bits per heavy atom. The Hall–Kier alpha value is -2.53. The molecule has 0 heterocycles. The van der Waals surface area contributed by atoms with Gasteiger partial charge in [0.2, 0.25) is 0 Å². The van der Waals surface area contributed by atoms with Crippen molar-refractivity contribution in [2.75, 3.05) is 11.9 Å². The van der Waals surface area contributed by atoms with Crippen molar-refractivity contribution in [3.63, 3.8) is 0 Å². The number of ether oxygens (including phenoxy) is 1. The molecule has 0 spiro atoms. The summed E-state index contributed by atoms with van der Waals surface area (Å²) < 4.78 is 5.46. The van der Waals surface area contributed by atoms with Gasteiger partial charge in [-0.3, -0.25) is 9.59 Å². The van der Waals surface area contributed by atoms with Crippen LogP contribution in [0.4, 0.5) is 5.69 Å². The lowest BCUT2D eigenvalue weighted by molar-refractivity contribution is -0.118. The predicted molar refractivity (Wildman–Crippen MR) is 92.5 cm³/mol. The van der Waals surface area contributed by atoms with Crippen LogP contribution in [0, 0.1) is 0 Å². The Morgan fingerprint density at radius 2 is 1.92 bits per heavy atom. The van der Waals surface area contributed by atoms with Gasteiger partial charge in [-0.05, 0) is 49.2 Å². The second-order valence-corrected chi connectivity index (χ2v) is 6.06. The molecule has 2 amide bonds. The van der Waals surface area contributed by atoms with Gasteiger partial charge in [0.25, 0.3) is 11.8 Å². The molecule has 2 aromatic rings. The summed E-state index contributed by atoms with van der Waals surface area (Å²) in [6.07, 6.45) is 2.07. The third-order valence-corrected chi connectivity index (χ3v) is 3.72. The van der Waals surface area contributed by atoms with E-state index in [-0.39, 0.29) is 18.4 Å². The highest BCUT2D eigenvalue weighted by atomic mass is 35.5. The molecule has 0 aliphatic heterocycles. The lowest BCUT2D eigenvalue weighted by Gasteiger charge is -2.09. The summed E-state index contributed by atoms with van der Waals surface area (Å²) in [7, 11) is 0. The average molecular weight is 345 g/mol. The molecule has 6 heteroatoms. The molecule has 0 saturated heterocycles. The molecule has 1 fully saturated rings. The summed E-state index contributed by atoms with van der Waals surface area (Å²) in [4.78, 5) is 23.9. The minimum Gasteiger partial charge on any atom is -0.484 e. The van der Waals surface area contributed by atoms with Crippen molar-refractivity contribution in [3.8, 4) is 5.75 Å². The number of carbonyl (C=O) groups is 2. The van der Waals surface area contributed by atoms with Crippen LogP contribution in [0.3, 0.4) is 0 Å². The van der Waals surface area contributed by atoms with E-state index in [0.29, 0.717) is 28.1 Å². The van der Waals surface area contributed by atoms with Crippen molar-refractivity contribution in [2.24, 2.45) is 0 Å². The number of benzene rings is 2. The minimum absolute atomic E-state index is 0.119. The van der Waals surface area contributed by atoms with Crippen molar-refractivity contribution in [2.45, 2.75) is 18.9 Å². The van der Waals surface area contributed by atoms with Gasteiger partial charge in [-0.1, -0.05) is 23.7 Å². The number of halogens is 1. The van der Waals surface area contributed by atoms with E-state index in [2.05, 4.69) is 10.6 Å². The van der Waals surface area contributed by atoms with Crippen molar-refractivity contribution in [1.29, 1.82) is 0 Å². The monoisotopic (exact) mass is 344 g/mol. The molecule has 0 radical (unpaired) electrons. The van der Waals surface area contributed by atoms with Crippen molar-refractivity contribution in [1.82, 2.24) is 5.32 Å². The number of hydrogen-bond acceptors (Lipinski definition) is 3. The Bertz CT molecular complexity index is 759. The van der Waals surface area contributed by atoms with Gasteiger partial charge in [0, 0.05) is 22.3 Å². The molecule has 124 valence electrons. The van der Waals surface area contributed by atoms with Gasteiger partial charge >= 0.3 is 0 Å². The SMILES string of the molecule is O=C(COc1cccc(C(=O)NC2CC2)c1)Nc1cccc(Cl)c1. The van der Waals surface area contributed by atoms with E-state index in [4.69, 9.17) is 16.3 Å². The quantitative estimate of drug-likeness (QED) is 0.845. The molecule has 2 aromatic carbocycles. The van der Waals surface area contributed by atoms with Crippen LogP contribution in [0.1, 0.15) is 23.2 Å². The maximum Gasteiger partial charge on any atom is 0.262 e. The van der Waals surface area contributed by atoms with E-state index >= 15 is 0 Å². The summed E-state index contributed by atoms with van der Waals surface area (Å²) in [5.41, 5.74) is 1.13. The fourth-order valence-electron chi connectivity index (χ4n) is 2.14. The van der Waals surface area contributed by atoms with E-state index < -0.39 is 0 Å². The number of anilines is 1. The maximum absolute atomic E-state index is 12.0. The summed E-state index contributed by atoms with van der Waals surface area (Å²) >= 11 is 5.87. The van der Waals surface area contributed by atoms with Crippen molar-refractivity contribution in [3.05, 3.63) is 59.1 Å². The zero-order chi connectivity index (χ0) is 16.9. The number of carbonyl (C=O) groups excluding carboxylic acids is 2. The first-order chi connectivity index (χ1) is 11.6. The van der Waals surface area contributed by atoms with Crippen LogP contribution in [0.15, 0.2) is 48.5 Å². The van der Waals surface area contributed by atoms with Gasteiger partial charge < -0.3 is 15.4 Å². The molecule has 24 heavy (non-hydrogen) atoms. The molecule has 0 atom stereocenters. The Balaban J connectivity index is 1.54. The Labute approximate surface area is 145 Å². The Kier molecular flexibility index (Phi) is 5.01. The second kappa shape index (κ2) is 7.36. The largest absolute Gasteiger partial charge is 0.484 e. The third-order valence-electron chi connectivity index (χ3n) is 3.49. The third kappa shape index (κ3) is 4.73. The highest BCUT2D eigenvalue weighted by Crippen LogP contribution is 2.20. The van der Waals surface area contributed by atoms with Crippen LogP contribution < -0.4 is 15.4 Å². The number of rotatable bonds is 6. The number of nitrogens with one attached hydrogen (secondary N) is 2. The van der Waals surface area contributed by atoms with E-state index in [1.54, 1.807) is 48.5 Å². The first-order valence-corrected chi connectivity index (χ1v) is 8.07. The van der Waals surface area contributed by atoms with E-state index in [0.717, 1.165) is 12.8 Å². The number of hydrogen-bond donors (Lipinski definition) is 2. The van der Waals surface area contributed by atoms with Crippen LogP contribution >= 0.6 is 11.6 Å². The minimum atomic E-state index is -0.301. The zero-order valence-corrected chi connectivity index (χ0v) is 13.7. The fourth-order valence-corrected chi connectivity index (χ4v) is 2.33. The van der Waals surface area contributed by atoms with Gasteiger partial charge in [0.1, 0.15) is 5.75 Å². The van der Waals surface area contributed by atoms with Crippen LogP contribution in [-0.4, -0.2) is 24.5 Å². The molecule has 1 aliphatic carbocycles. The normalized spacial score (nSPS) is 13.2. The van der Waals surface area contributed by atoms with Gasteiger partial charge in [0.15, 0.2) is 6.61 Å². The first kappa shape index (κ1) is 16.3. The van der Waals surface area contributed by atoms with Gasteiger partial charge in [-0.25, -0.2) is 0 Å².